The first kappa shape index (κ1) is 18.0. The SMILES string of the molecule is CCCCCCCCC[N+](C)(C)CO.[I-]. The van der Waals surface area contributed by atoms with Crippen LogP contribution in [0.5, 0.6) is 0 Å². The van der Waals surface area contributed by atoms with Crippen LogP contribution in [-0.4, -0.2) is 37.0 Å². The molecule has 0 radical (unpaired) electrons. The molecule has 0 heterocycles. The third-order valence-corrected chi connectivity index (χ3v) is 2.75. The van der Waals surface area contributed by atoms with Gasteiger partial charge in [0.2, 0.25) is 0 Å². The van der Waals surface area contributed by atoms with Crippen LogP contribution in [0.2, 0.25) is 0 Å². The number of hydrogen-bond donors (Lipinski definition) is 1. The van der Waals surface area contributed by atoms with E-state index in [2.05, 4.69) is 21.0 Å². The van der Waals surface area contributed by atoms with E-state index in [-0.39, 0.29) is 30.7 Å². The zero-order valence-corrected chi connectivity index (χ0v) is 12.8. The number of aliphatic hydroxyl groups is 1. The van der Waals surface area contributed by atoms with Gasteiger partial charge in [0.15, 0.2) is 6.73 Å². The average molecular weight is 329 g/mol. The minimum absolute atomic E-state index is 0. The summed E-state index contributed by atoms with van der Waals surface area (Å²) in [5.41, 5.74) is 0. The molecule has 0 aliphatic heterocycles. The summed E-state index contributed by atoms with van der Waals surface area (Å²) in [5.74, 6) is 0. The molecule has 0 aliphatic rings. The van der Waals surface area contributed by atoms with Crippen LogP contribution in [0, 0.1) is 0 Å². The topological polar surface area (TPSA) is 20.2 Å². The molecule has 94 valence electrons. The van der Waals surface area contributed by atoms with Gasteiger partial charge in [0.05, 0.1) is 20.6 Å². The molecule has 0 aromatic heterocycles. The van der Waals surface area contributed by atoms with E-state index in [1.54, 1.807) is 0 Å². The fourth-order valence-corrected chi connectivity index (χ4v) is 1.57. The molecule has 0 amide bonds. The molecule has 1 N–H and O–H groups in total. The van der Waals surface area contributed by atoms with Crippen molar-refractivity contribution >= 4 is 0 Å². The predicted octanol–water partition coefficient (Wildman–Crippen LogP) is -0.233. The lowest BCUT2D eigenvalue weighted by atomic mass is 10.1. The molecule has 0 unspecified atom stereocenters. The first-order chi connectivity index (χ1) is 6.62. The van der Waals surface area contributed by atoms with Crippen molar-refractivity contribution in [3.05, 3.63) is 0 Å². The Hall–Kier alpha value is 0.650. The molecule has 0 fully saturated rings. The van der Waals surface area contributed by atoms with Crippen molar-refractivity contribution < 1.29 is 33.6 Å². The molecule has 0 aromatic carbocycles. The molecular formula is C12H28INO. The molecule has 0 rings (SSSR count). The summed E-state index contributed by atoms with van der Waals surface area (Å²) in [5, 5.41) is 9.04. The Balaban J connectivity index is 0. The van der Waals surface area contributed by atoms with Gasteiger partial charge < -0.3 is 33.6 Å². The van der Waals surface area contributed by atoms with E-state index in [0.29, 0.717) is 0 Å². The van der Waals surface area contributed by atoms with Crippen LogP contribution >= 0.6 is 0 Å². The minimum atomic E-state index is 0. The number of quaternary nitrogens is 1. The normalized spacial score (nSPS) is 11.2. The zero-order chi connectivity index (χ0) is 10.9. The second kappa shape index (κ2) is 11.1. The molecule has 0 atom stereocenters. The highest BCUT2D eigenvalue weighted by Crippen LogP contribution is 2.08. The summed E-state index contributed by atoms with van der Waals surface area (Å²) in [6.07, 6.45) is 9.44. The second-order valence-corrected chi connectivity index (χ2v) is 4.92. The fraction of sp³-hybridized carbons (Fsp3) is 1.00. The van der Waals surface area contributed by atoms with Crippen molar-refractivity contribution in [2.75, 3.05) is 27.4 Å². The molecule has 0 saturated heterocycles. The van der Waals surface area contributed by atoms with Crippen molar-refractivity contribution in [1.29, 1.82) is 0 Å². The lowest BCUT2D eigenvalue weighted by Gasteiger charge is -2.26. The van der Waals surface area contributed by atoms with Gasteiger partial charge >= 0.3 is 0 Å². The molecular weight excluding hydrogens is 301 g/mol. The highest BCUT2D eigenvalue weighted by molar-refractivity contribution is 4.44. The van der Waals surface area contributed by atoms with E-state index in [9.17, 15) is 0 Å². The van der Waals surface area contributed by atoms with Crippen molar-refractivity contribution in [3.63, 3.8) is 0 Å². The van der Waals surface area contributed by atoms with Gasteiger partial charge in [-0.25, -0.2) is 0 Å². The van der Waals surface area contributed by atoms with Crippen molar-refractivity contribution in [2.24, 2.45) is 0 Å². The number of rotatable bonds is 9. The maximum atomic E-state index is 9.04. The largest absolute Gasteiger partial charge is 1.00 e. The minimum Gasteiger partial charge on any atom is -1.00 e. The molecule has 0 aliphatic carbocycles. The molecule has 0 bridgehead atoms. The number of aliphatic hydroxyl groups excluding tert-OH is 1. The number of nitrogens with zero attached hydrogens (tertiary/aromatic N) is 1. The van der Waals surface area contributed by atoms with Crippen molar-refractivity contribution in [1.82, 2.24) is 0 Å². The number of hydrogen-bond acceptors (Lipinski definition) is 1. The Morgan fingerprint density at radius 1 is 0.867 bits per heavy atom. The Morgan fingerprint density at radius 2 is 1.33 bits per heavy atom. The standard InChI is InChI=1S/C12H28NO.HI/c1-4-5-6-7-8-9-10-11-13(2,3)12-14;/h14H,4-12H2,1-3H3;1H/q+1;/p-1. The van der Waals surface area contributed by atoms with E-state index in [1.807, 2.05) is 0 Å². The molecule has 0 saturated carbocycles. The van der Waals surface area contributed by atoms with Crippen LogP contribution in [0.1, 0.15) is 51.9 Å². The monoisotopic (exact) mass is 329 g/mol. The zero-order valence-electron chi connectivity index (χ0n) is 10.6. The Bertz CT molecular complexity index is 129. The van der Waals surface area contributed by atoms with Gasteiger partial charge in [0, 0.05) is 0 Å². The first-order valence-electron chi connectivity index (χ1n) is 6.05. The van der Waals surface area contributed by atoms with E-state index in [0.717, 1.165) is 11.0 Å². The summed E-state index contributed by atoms with van der Waals surface area (Å²) in [6.45, 7) is 3.61. The van der Waals surface area contributed by atoms with E-state index >= 15 is 0 Å². The lowest BCUT2D eigenvalue weighted by molar-refractivity contribution is -0.909. The third kappa shape index (κ3) is 12.6. The van der Waals surface area contributed by atoms with Gasteiger partial charge in [-0.2, -0.15) is 0 Å². The van der Waals surface area contributed by atoms with Crippen LogP contribution in [0.3, 0.4) is 0 Å². The maximum absolute atomic E-state index is 9.04. The van der Waals surface area contributed by atoms with Crippen LogP contribution in [-0.2, 0) is 0 Å². The summed E-state index contributed by atoms with van der Waals surface area (Å²) in [4.78, 5) is 0. The summed E-state index contributed by atoms with van der Waals surface area (Å²) in [7, 11) is 4.16. The van der Waals surface area contributed by atoms with Crippen LogP contribution < -0.4 is 24.0 Å². The Kier molecular flexibility index (Phi) is 13.4. The molecule has 3 heteroatoms. The van der Waals surface area contributed by atoms with Crippen LogP contribution in [0.25, 0.3) is 0 Å². The molecule has 0 spiro atoms. The Morgan fingerprint density at radius 3 is 1.80 bits per heavy atom. The van der Waals surface area contributed by atoms with Gasteiger partial charge in [-0.05, 0) is 12.8 Å². The van der Waals surface area contributed by atoms with Gasteiger partial charge in [-0.15, -0.1) is 0 Å². The van der Waals surface area contributed by atoms with Gasteiger partial charge in [0.25, 0.3) is 0 Å². The third-order valence-electron chi connectivity index (χ3n) is 2.75. The summed E-state index contributed by atoms with van der Waals surface area (Å²) in [6, 6.07) is 0. The molecule has 15 heavy (non-hydrogen) atoms. The highest BCUT2D eigenvalue weighted by Gasteiger charge is 2.11. The quantitative estimate of drug-likeness (QED) is 0.268. The fourth-order valence-electron chi connectivity index (χ4n) is 1.57. The van der Waals surface area contributed by atoms with Crippen molar-refractivity contribution in [3.8, 4) is 0 Å². The summed E-state index contributed by atoms with van der Waals surface area (Å²) < 4.78 is 0.745. The average Bonchev–Trinajstić information content (AvgIpc) is 2.16. The van der Waals surface area contributed by atoms with E-state index in [1.165, 1.54) is 44.9 Å². The van der Waals surface area contributed by atoms with Gasteiger partial charge in [0.1, 0.15) is 0 Å². The Labute approximate surface area is 113 Å². The predicted molar refractivity (Wildman–Crippen MR) is 62.1 cm³/mol. The van der Waals surface area contributed by atoms with Crippen molar-refractivity contribution in [2.45, 2.75) is 51.9 Å². The van der Waals surface area contributed by atoms with E-state index < -0.39 is 0 Å². The molecule has 2 nitrogen and oxygen atoms in total. The highest BCUT2D eigenvalue weighted by atomic mass is 127. The van der Waals surface area contributed by atoms with Gasteiger partial charge in [-0.3, -0.25) is 0 Å². The van der Waals surface area contributed by atoms with Gasteiger partial charge in [-0.1, -0.05) is 39.0 Å². The molecule has 0 aromatic rings. The first-order valence-corrected chi connectivity index (χ1v) is 6.05. The lowest BCUT2D eigenvalue weighted by Crippen LogP contribution is -3.00. The number of unbranched alkanes of at least 4 members (excludes halogenated alkanes) is 6. The smallest absolute Gasteiger partial charge is 0.179 e. The van der Waals surface area contributed by atoms with Crippen LogP contribution in [0.4, 0.5) is 0 Å². The number of halogens is 1. The van der Waals surface area contributed by atoms with E-state index in [4.69, 9.17) is 5.11 Å². The maximum Gasteiger partial charge on any atom is 0.179 e. The second-order valence-electron chi connectivity index (χ2n) is 4.92. The van der Waals surface area contributed by atoms with Crippen LogP contribution in [0.15, 0.2) is 0 Å². The summed E-state index contributed by atoms with van der Waals surface area (Å²) >= 11 is 0.